The van der Waals surface area contributed by atoms with Crippen molar-refractivity contribution in [2.24, 2.45) is 0 Å². The Balaban J connectivity index is 1.93. The SMILES string of the molecule is COC(=O)c1ccc(/C(Br)=C2/C=COC=C2CS(=O)(=O)c2ccccc2)cc1. The van der Waals surface area contributed by atoms with E-state index in [1.807, 2.05) is 0 Å². The lowest BCUT2D eigenvalue weighted by atomic mass is 10.0. The topological polar surface area (TPSA) is 69.7 Å². The van der Waals surface area contributed by atoms with Crippen LogP contribution in [0.15, 0.2) is 89.2 Å². The Bertz CT molecular complexity index is 1070. The zero-order valence-electron chi connectivity index (χ0n) is 15.0. The van der Waals surface area contributed by atoms with Crippen LogP contribution < -0.4 is 0 Å². The van der Waals surface area contributed by atoms with E-state index in [0.717, 1.165) is 5.56 Å². The summed E-state index contributed by atoms with van der Waals surface area (Å²) in [5, 5.41) is 0. The number of carbonyl (C=O) groups is 1. The first-order chi connectivity index (χ1) is 13.4. The number of esters is 1. The molecule has 0 aliphatic carbocycles. The van der Waals surface area contributed by atoms with Gasteiger partial charge in [-0.1, -0.05) is 30.3 Å². The van der Waals surface area contributed by atoms with Crippen molar-refractivity contribution in [3.63, 3.8) is 0 Å². The highest BCUT2D eigenvalue weighted by Crippen LogP contribution is 2.33. The standard InChI is InChI=1S/C21H17BrO5S/c1-26-21(23)16-9-7-15(8-10-16)20(22)19-11-12-27-13-17(19)14-28(24,25)18-5-3-2-4-6-18/h2-13H,14H2,1H3/b20-19+. The minimum Gasteiger partial charge on any atom is -0.472 e. The van der Waals surface area contributed by atoms with Gasteiger partial charge in [0.25, 0.3) is 0 Å². The third kappa shape index (κ3) is 4.43. The summed E-state index contributed by atoms with van der Waals surface area (Å²) in [5.41, 5.74) is 2.44. The van der Waals surface area contributed by atoms with Crippen molar-refractivity contribution in [2.45, 2.75) is 4.90 Å². The summed E-state index contributed by atoms with van der Waals surface area (Å²) in [6.07, 6.45) is 4.62. The first-order valence-electron chi connectivity index (χ1n) is 8.30. The van der Waals surface area contributed by atoms with Gasteiger partial charge in [0, 0.05) is 10.1 Å². The van der Waals surface area contributed by atoms with Gasteiger partial charge in [-0.2, -0.15) is 0 Å². The molecule has 0 saturated heterocycles. The molecule has 1 heterocycles. The van der Waals surface area contributed by atoms with E-state index < -0.39 is 15.8 Å². The summed E-state index contributed by atoms with van der Waals surface area (Å²) in [5.74, 6) is -0.623. The van der Waals surface area contributed by atoms with Gasteiger partial charge in [-0.05, 0) is 57.4 Å². The average molecular weight is 461 g/mol. The fourth-order valence-electron chi connectivity index (χ4n) is 2.67. The summed E-state index contributed by atoms with van der Waals surface area (Å²) in [7, 11) is -2.20. The van der Waals surface area contributed by atoms with Crippen LogP contribution in [0.25, 0.3) is 4.48 Å². The highest BCUT2D eigenvalue weighted by atomic mass is 79.9. The van der Waals surface area contributed by atoms with Crippen LogP contribution in [0.1, 0.15) is 15.9 Å². The molecule has 1 aliphatic heterocycles. The Kier molecular flexibility index (Phi) is 6.16. The molecule has 5 nitrogen and oxygen atoms in total. The molecule has 2 aromatic carbocycles. The Morgan fingerprint density at radius 3 is 2.32 bits per heavy atom. The third-order valence-electron chi connectivity index (χ3n) is 4.11. The number of methoxy groups -OCH3 is 1. The van der Waals surface area contributed by atoms with E-state index >= 15 is 0 Å². The first kappa shape index (κ1) is 20.1. The summed E-state index contributed by atoms with van der Waals surface area (Å²) in [6.45, 7) is 0. The molecule has 0 atom stereocenters. The largest absolute Gasteiger partial charge is 0.472 e. The molecular weight excluding hydrogens is 444 g/mol. The van der Waals surface area contributed by atoms with Crippen molar-refractivity contribution >= 4 is 36.2 Å². The molecule has 0 aromatic heterocycles. The Labute approximate surface area is 172 Å². The lowest BCUT2D eigenvalue weighted by Gasteiger charge is -2.16. The van der Waals surface area contributed by atoms with E-state index in [4.69, 9.17) is 9.47 Å². The molecule has 2 aromatic rings. The van der Waals surface area contributed by atoms with Gasteiger partial charge in [0.1, 0.15) is 0 Å². The number of halogens is 1. The number of carbonyl (C=O) groups excluding carboxylic acids is 1. The molecule has 0 N–H and O–H groups in total. The number of benzene rings is 2. The van der Waals surface area contributed by atoms with E-state index in [1.54, 1.807) is 60.7 Å². The number of rotatable bonds is 5. The maximum Gasteiger partial charge on any atom is 0.337 e. The molecular formula is C21H17BrO5S. The van der Waals surface area contributed by atoms with Gasteiger partial charge in [-0.15, -0.1) is 0 Å². The second-order valence-corrected chi connectivity index (χ2v) is 8.73. The Morgan fingerprint density at radius 1 is 1.04 bits per heavy atom. The summed E-state index contributed by atoms with van der Waals surface area (Å²) < 4.78 is 36.1. The monoisotopic (exact) mass is 460 g/mol. The number of allylic oxidation sites excluding steroid dienone is 2. The minimum atomic E-state index is -3.53. The lowest BCUT2D eigenvalue weighted by molar-refractivity contribution is 0.0600. The van der Waals surface area contributed by atoms with Gasteiger partial charge < -0.3 is 9.47 Å². The van der Waals surface area contributed by atoms with E-state index in [1.165, 1.54) is 19.6 Å². The molecule has 0 radical (unpaired) electrons. The van der Waals surface area contributed by atoms with Crippen molar-refractivity contribution in [2.75, 3.05) is 12.9 Å². The summed E-state index contributed by atoms with van der Waals surface area (Å²) in [6, 6.07) is 15.1. The van der Waals surface area contributed by atoms with Crippen LogP contribution >= 0.6 is 15.9 Å². The van der Waals surface area contributed by atoms with E-state index in [0.29, 0.717) is 21.2 Å². The normalized spacial score (nSPS) is 15.4. The van der Waals surface area contributed by atoms with Crippen LogP contribution in [0.2, 0.25) is 0 Å². The van der Waals surface area contributed by atoms with Gasteiger partial charge in [0.15, 0.2) is 9.84 Å². The molecule has 1 aliphatic rings. The fourth-order valence-corrected chi connectivity index (χ4v) is 4.69. The molecule has 3 rings (SSSR count). The quantitative estimate of drug-likeness (QED) is 0.615. The second-order valence-electron chi connectivity index (χ2n) is 5.95. The number of hydrogen-bond donors (Lipinski definition) is 0. The van der Waals surface area contributed by atoms with Gasteiger partial charge >= 0.3 is 5.97 Å². The van der Waals surface area contributed by atoms with Crippen molar-refractivity contribution in [1.82, 2.24) is 0 Å². The van der Waals surface area contributed by atoms with Crippen LogP contribution in [0.5, 0.6) is 0 Å². The molecule has 0 amide bonds. The zero-order valence-corrected chi connectivity index (χ0v) is 17.4. The van der Waals surface area contributed by atoms with Crippen LogP contribution in [0, 0.1) is 0 Å². The first-order valence-corrected chi connectivity index (χ1v) is 10.7. The smallest absolute Gasteiger partial charge is 0.337 e. The van der Waals surface area contributed by atoms with Gasteiger partial charge in [-0.3, -0.25) is 0 Å². The average Bonchev–Trinajstić information content (AvgIpc) is 2.73. The molecule has 0 unspecified atom stereocenters. The van der Waals surface area contributed by atoms with Crippen molar-refractivity contribution < 1.29 is 22.7 Å². The summed E-state index contributed by atoms with van der Waals surface area (Å²) in [4.78, 5) is 11.8. The third-order valence-corrected chi connectivity index (χ3v) is 6.68. The van der Waals surface area contributed by atoms with E-state index in [-0.39, 0.29) is 10.6 Å². The highest BCUT2D eigenvalue weighted by molar-refractivity contribution is 9.15. The van der Waals surface area contributed by atoms with Gasteiger partial charge in [0.05, 0.1) is 35.8 Å². The van der Waals surface area contributed by atoms with Crippen LogP contribution in [0.4, 0.5) is 0 Å². The molecule has 7 heteroatoms. The van der Waals surface area contributed by atoms with Crippen molar-refractivity contribution in [1.29, 1.82) is 0 Å². The predicted molar refractivity (Wildman–Crippen MR) is 110 cm³/mol. The molecule has 0 spiro atoms. The fraction of sp³-hybridized carbons (Fsp3) is 0.0952. The van der Waals surface area contributed by atoms with E-state index in [2.05, 4.69) is 15.9 Å². The Morgan fingerprint density at radius 2 is 1.68 bits per heavy atom. The zero-order chi connectivity index (χ0) is 20.1. The van der Waals surface area contributed by atoms with Gasteiger partial charge in [-0.25, -0.2) is 13.2 Å². The molecule has 144 valence electrons. The van der Waals surface area contributed by atoms with E-state index in [9.17, 15) is 13.2 Å². The number of ether oxygens (including phenoxy) is 2. The number of hydrogen-bond acceptors (Lipinski definition) is 5. The maximum absolute atomic E-state index is 12.7. The van der Waals surface area contributed by atoms with Crippen molar-refractivity contribution in [3.8, 4) is 0 Å². The minimum absolute atomic E-state index is 0.202. The highest BCUT2D eigenvalue weighted by Gasteiger charge is 2.22. The number of sulfone groups is 1. The molecule has 0 bridgehead atoms. The second kappa shape index (κ2) is 8.58. The van der Waals surface area contributed by atoms with Crippen LogP contribution in [-0.4, -0.2) is 27.2 Å². The predicted octanol–water partition coefficient (Wildman–Crippen LogP) is 4.48. The maximum atomic E-state index is 12.7. The molecule has 28 heavy (non-hydrogen) atoms. The molecule has 0 fully saturated rings. The van der Waals surface area contributed by atoms with Crippen LogP contribution in [-0.2, 0) is 19.3 Å². The van der Waals surface area contributed by atoms with Gasteiger partial charge in [0.2, 0.25) is 0 Å². The molecule has 0 saturated carbocycles. The Hall–Kier alpha value is -2.64. The lowest BCUT2D eigenvalue weighted by Crippen LogP contribution is -2.12. The van der Waals surface area contributed by atoms with Crippen molar-refractivity contribution in [3.05, 3.63) is 95.5 Å². The summed E-state index contributed by atoms with van der Waals surface area (Å²) >= 11 is 3.55. The van der Waals surface area contributed by atoms with Crippen LogP contribution in [0.3, 0.4) is 0 Å².